The molecule has 3 heteroatoms. The molecule has 0 atom stereocenters. The monoisotopic (exact) mass is 210 g/mol. The van der Waals surface area contributed by atoms with Crippen molar-refractivity contribution in [3.05, 3.63) is 0 Å². The van der Waals surface area contributed by atoms with Gasteiger partial charge in [-0.2, -0.15) is 5.26 Å². The van der Waals surface area contributed by atoms with E-state index in [0.29, 0.717) is 6.54 Å². The van der Waals surface area contributed by atoms with Gasteiger partial charge in [-0.05, 0) is 25.7 Å². The maximum absolute atomic E-state index is 11.6. The highest BCUT2D eigenvalue weighted by Gasteiger charge is 2.28. The predicted octanol–water partition coefficient (Wildman–Crippen LogP) is 2.48. The maximum atomic E-state index is 11.6. The molecular weight excluding hydrogens is 188 g/mol. The third kappa shape index (κ3) is 4.83. The molecule has 15 heavy (non-hydrogen) atoms. The zero-order valence-corrected chi connectivity index (χ0v) is 10.5. The molecule has 86 valence electrons. The molecule has 0 spiro atoms. The lowest BCUT2D eigenvalue weighted by atomic mass is 9.87. The van der Waals surface area contributed by atoms with Crippen LogP contribution in [0.1, 0.15) is 47.5 Å². The minimum absolute atomic E-state index is 0.107. The van der Waals surface area contributed by atoms with Gasteiger partial charge in [0.15, 0.2) is 0 Å². The van der Waals surface area contributed by atoms with Crippen LogP contribution in [0.15, 0.2) is 0 Å². The zero-order valence-electron chi connectivity index (χ0n) is 10.5. The number of rotatable bonds is 5. The van der Waals surface area contributed by atoms with E-state index in [0.717, 1.165) is 12.8 Å². The number of carbonyl (C=O) groups excluding carboxylic acids is 1. The molecule has 0 aliphatic carbocycles. The van der Waals surface area contributed by atoms with E-state index in [-0.39, 0.29) is 11.3 Å². The minimum Gasteiger partial charge on any atom is -0.354 e. The van der Waals surface area contributed by atoms with Crippen molar-refractivity contribution in [3.8, 4) is 6.07 Å². The summed E-state index contributed by atoms with van der Waals surface area (Å²) in [6, 6.07) is 2.00. The van der Waals surface area contributed by atoms with E-state index in [4.69, 9.17) is 5.26 Å². The van der Waals surface area contributed by atoms with Gasteiger partial charge in [0.05, 0.1) is 6.07 Å². The Morgan fingerprint density at radius 1 is 1.33 bits per heavy atom. The van der Waals surface area contributed by atoms with Gasteiger partial charge in [0.1, 0.15) is 5.41 Å². The molecule has 0 bridgehead atoms. The summed E-state index contributed by atoms with van der Waals surface area (Å²) in [4.78, 5) is 11.6. The molecule has 0 heterocycles. The Bertz CT molecular complexity index is 261. The van der Waals surface area contributed by atoms with Crippen molar-refractivity contribution >= 4 is 5.91 Å². The van der Waals surface area contributed by atoms with Crippen LogP contribution >= 0.6 is 0 Å². The van der Waals surface area contributed by atoms with Crippen molar-refractivity contribution in [3.63, 3.8) is 0 Å². The van der Waals surface area contributed by atoms with Crippen LogP contribution in [-0.4, -0.2) is 12.5 Å². The Kier molecular flexibility index (Phi) is 4.80. The largest absolute Gasteiger partial charge is 0.354 e. The first-order chi connectivity index (χ1) is 6.75. The van der Waals surface area contributed by atoms with Gasteiger partial charge in [0.2, 0.25) is 5.91 Å². The van der Waals surface area contributed by atoms with Crippen LogP contribution < -0.4 is 5.32 Å². The topological polar surface area (TPSA) is 52.9 Å². The standard InChI is InChI=1S/C12H22N2O/c1-6-7-11(2,3)9-14-10(15)12(4,5)8-13/h6-7,9H2,1-5H3,(H,14,15). The number of carbonyl (C=O) groups is 1. The van der Waals surface area contributed by atoms with E-state index in [9.17, 15) is 4.79 Å². The van der Waals surface area contributed by atoms with Crippen LogP contribution in [0.3, 0.4) is 0 Å². The first-order valence-electron chi connectivity index (χ1n) is 5.45. The van der Waals surface area contributed by atoms with Gasteiger partial charge in [-0.3, -0.25) is 4.79 Å². The van der Waals surface area contributed by atoms with Crippen molar-refractivity contribution < 1.29 is 4.79 Å². The lowest BCUT2D eigenvalue weighted by molar-refractivity contribution is -0.127. The van der Waals surface area contributed by atoms with E-state index in [1.54, 1.807) is 13.8 Å². The molecule has 0 aliphatic rings. The molecule has 1 amide bonds. The Balaban J connectivity index is 4.19. The van der Waals surface area contributed by atoms with Crippen LogP contribution in [0.5, 0.6) is 0 Å². The number of nitrogens with zero attached hydrogens (tertiary/aromatic N) is 1. The number of nitrogens with one attached hydrogen (secondary N) is 1. The Morgan fingerprint density at radius 2 is 1.87 bits per heavy atom. The molecule has 0 aromatic heterocycles. The SMILES string of the molecule is CCCC(C)(C)CNC(=O)C(C)(C)C#N. The van der Waals surface area contributed by atoms with Crippen LogP contribution in [0.4, 0.5) is 0 Å². The van der Waals surface area contributed by atoms with E-state index < -0.39 is 5.41 Å². The quantitative estimate of drug-likeness (QED) is 0.758. The Morgan fingerprint density at radius 3 is 2.27 bits per heavy atom. The molecule has 3 nitrogen and oxygen atoms in total. The average Bonchev–Trinajstić information content (AvgIpc) is 2.14. The molecule has 0 saturated heterocycles. The molecule has 0 unspecified atom stereocenters. The normalized spacial score (nSPS) is 12.0. The van der Waals surface area contributed by atoms with Gasteiger partial charge >= 0.3 is 0 Å². The van der Waals surface area contributed by atoms with E-state index >= 15 is 0 Å². The van der Waals surface area contributed by atoms with Gasteiger partial charge in [-0.15, -0.1) is 0 Å². The fourth-order valence-corrected chi connectivity index (χ4v) is 1.36. The second kappa shape index (κ2) is 5.16. The van der Waals surface area contributed by atoms with Crippen LogP contribution in [0, 0.1) is 22.2 Å². The summed E-state index contributed by atoms with van der Waals surface area (Å²) in [5, 5.41) is 11.6. The molecule has 0 radical (unpaired) electrons. The number of hydrogen-bond donors (Lipinski definition) is 1. The highest BCUT2D eigenvalue weighted by molar-refractivity contribution is 5.84. The second-order valence-electron chi connectivity index (χ2n) is 5.33. The maximum Gasteiger partial charge on any atom is 0.239 e. The molecule has 0 aromatic rings. The summed E-state index contributed by atoms with van der Waals surface area (Å²) in [6.45, 7) is 10.3. The summed E-state index contributed by atoms with van der Waals surface area (Å²) < 4.78 is 0. The van der Waals surface area contributed by atoms with Crippen molar-refractivity contribution in [2.45, 2.75) is 47.5 Å². The number of hydrogen-bond acceptors (Lipinski definition) is 2. The lowest BCUT2D eigenvalue weighted by Gasteiger charge is -2.26. The molecular formula is C12H22N2O. The minimum atomic E-state index is -0.928. The molecule has 0 aliphatic heterocycles. The second-order valence-corrected chi connectivity index (χ2v) is 5.33. The fourth-order valence-electron chi connectivity index (χ4n) is 1.36. The zero-order chi connectivity index (χ0) is 12.1. The summed E-state index contributed by atoms with van der Waals surface area (Å²) in [5.74, 6) is -0.186. The van der Waals surface area contributed by atoms with Crippen LogP contribution in [0.2, 0.25) is 0 Å². The van der Waals surface area contributed by atoms with E-state index in [1.807, 2.05) is 6.07 Å². The highest BCUT2D eigenvalue weighted by atomic mass is 16.2. The third-order valence-electron chi connectivity index (χ3n) is 2.50. The van der Waals surface area contributed by atoms with Gasteiger partial charge < -0.3 is 5.32 Å². The Hall–Kier alpha value is -1.04. The van der Waals surface area contributed by atoms with Gasteiger partial charge in [-0.25, -0.2) is 0 Å². The lowest BCUT2D eigenvalue weighted by Crippen LogP contribution is -2.40. The average molecular weight is 210 g/mol. The predicted molar refractivity (Wildman–Crippen MR) is 61.1 cm³/mol. The van der Waals surface area contributed by atoms with Gasteiger partial charge in [-0.1, -0.05) is 27.2 Å². The third-order valence-corrected chi connectivity index (χ3v) is 2.50. The van der Waals surface area contributed by atoms with Gasteiger partial charge in [0, 0.05) is 6.54 Å². The smallest absolute Gasteiger partial charge is 0.239 e. The first kappa shape index (κ1) is 14.0. The molecule has 1 N–H and O–H groups in total. The van der Waals surface area contributed by atoms with Crippen molar-refractivity contribution in [2.24, 2.45) is 10.8 Å². The summed E-state index contributed by atoms with van der Waals surface area (Å²) >= 11 is 0. The van der Waals surface area contributed by atoms with Crippen LogP contribution in [-0.2, 0) is 4.79 Å². The molecule has 0 rings (SSSR count). The number of nitriles is 1. The van der Waals surface area contributed by atoms with E-state index in [1.165, 1.54) is 0 Å². The molecule has 0 fully saturated rings. The summed E-state index contributed by atoms with van der Waals surface area (Å²) in [7, 11) is 0. The summed E-state index contributed by atoms with van der Waals surface area (Å²) in [5.41, 5.74) is -0.821. The summed E-state index contributed by atoms with van der Waals surface area (Å²) in [6.07, 6.45) is 2.17. The molecule has 0 saturated carbocycles. The highest BCUT2D eigenvalue weighted by Crippen LogP contribution is 2.21. The van der Waals surface area contributed by atoms with Crippen molar-refractivity contribution in [2.75, 3.05) is 6.54 Å². The van der Waals surface area contributed by atoms with Crippen molar-refractivity contribution in [1.29, 1.82) is 5.26 Å². The fraction of sp³-hybridized carbons (Fsp3) is 0.833. The van der Waals surface area contributed by atoms with Gasteiger partial charge in [0.25, 0.3) is 0 Å². The van der Waals surface area contributed by atoms with E-state index in [2.05, 4.69) is 26.1 Å². The number of amides is 1. The van der Waals surface area contributed by atoms with Crippen LogP contribution in [0.25, 0.3) is 0 Å². The Labute approximate surface area is 92.9 Å². The molecule has 0 aromatic carbocycles. The first-order valence-corrected chi connectivity index (χ1v) is 5.45. The van der Waals surface area contributed by atoms with Crippen molar-refractivity contribution in [1.82, 2.24) is 5.32 Å².